The zero-order valence-corrected chi connectivity index (χ0v) is 13.2. The van der Waals surface area contributed by atoms with Crippen LogP contribution in [0.1, 0.15) is 47.5 Å². The van der Waals surface area contributed by atoms with E-state index in [1.54, 1.807) is 6.07 Å². The molecular weight excluding hydrogens is 254 g/mol. The Morgan fingerprint density at radius 1 is 1.30 bits per heavy atom. The standard InChI is InChI=1S/C15H27N3O2/c1-6-15(5,9-10-19)18-12-8-7-11(16)13(17-12)20-14(2,3)4/h7-8,19H,6,9-10,16H2,1-5H3,(H,17,18). The van der Waals surface area contributed by atoms with Crippen LogP contribution in [-0.4, -0.2) is 27.8 Å². The summed E-state index contributed by atoms with van der Waals surface area (Å²) in [4.78, 5) is 4.43. The van der Waals surface area contributed by atoms with Crippen LogP contribution in [0.4, 0.5) is 11.5 Å². The highest BCUT2D eigenvalue weighted by molar-refractivity contribution is 5.54. The van der Waals surface area contributed by atoms with E-state index in [4.69, 9.17) is 15.6 Å². The van der Waals surface area contributed by atoms with Crippen molar-refractivity contribution < 1.29 is 9.84 Å². The Balaban J connectivity index is 2.94. The molecule has 1 atom stereocenters. The lowest BCUT2D eigenvalue weighted by Crippen LogP contribution is -2.35. The van der Waals surface area contributed by atoms with Crippen LogP contribution in [-0.2, 0) is 0 Å². The molecule has 1 rings (SSSR count). The third-order valence-electron chi connectivity index (χ3n) is 3.17. The summed E-state index contributed by atoms with van der Waals surface area (Å²) < 4.78 is 5.76. The van der Waals surface area contributed by atoms with Gasteiger partial charge in [-0.15, -0.1) is 0 Å². The summed E-state index contributed by atoms with van der Waals surface area (Å²) >= 11 is 0. The third-order valence-corrected chi connectivity index (χ3v) is 3.17. The van der Waals surface area contributed by atoms with Crippen molar-refractivity contribution in [1.82, 2.24) is 4.98 Å². The first-order chi connectivity index (χ1) is 9.19. The van der Waals surface area contributed by atoms with Crippen LogP contribution in [0.25, 0.3) is 0 Å². The van der Waals surface area contributed by atoms with Crippen molar-refractivity contribution >= 4 is 11.5 Å². The van der Waals surface area contributed by atoms with E-state index in [0.29, 0.717) is 23.8 Å². The second kappa shape index (κ2) is 6.31. The average molecular weight is 281 g/mol. The topological polar surface area (TPSA) is 80.4 Å². The summed E-state index contributed by atoms with van der Waals surface area (Å²) in [6.07, 6.45) is 1.54. The highest BCUT2D eigenvalue weighted by Gasteiger charge is 2.22. The van der Waals surface area contributed by atoms with E-state index in [-0.39, 0.29) is 17.7 Å². The van der Waals surface area contributed by atoms with E-state index in [2.05, 4.69) is 24.1 Å². The van der Waals surface area contributed by atoms with Gasteiger partial charge in [-0.3, -0.25) is 0 Å². The molecule has 1 heterocycles. The maximum absolute atomic E-state index is 9.16. The zero-order chi connectivity index (χ0) is 15.4. The molecule has 0 fully saturated rings. The van der Waals surface area contributed by atoms with Gasteiger partial charge in [0, 0.05) is 12.1 Å². The number of nitrogens with two attached hydrogens (primary N) is 1. The number of ether oxygens (including phenoxy) is 1. The first kappa shape index (κ1) is 16.6. The van der Waals surface area contributed by atoms with E-state index < -0.39 is 0 Å². The van der Waals surface area contributed by atoms with Gasteiger partial charge in [-0.05, 0) is 52.7 Å². The number of nitrogens with zero attached hydrogens (tertiary/aromatic N) is 1. The van der Waals surface area contributed by atoms with E-state index >= 15 is 0 Å². The minimum Gasteiger partial charge on any atom is -0.470 e. The van der Waals surface area contributed by atoms with Gasteiger partial charge in [0.25, 0.3) is 0 Å². The third kappa shape index (κ3) is 4.89. The molecule has 0 bridgehead atoms. The highest BCUT2D eigenvalue weighted by atomic mass is 16.5. The molecule has 1 aromatic heterocycles. The summed E-state index contributed by atoms with van der Waals surface area (Å²) in [5.41, 5.74) is 5.87. The fourth-order valence-corrected chi connectivity index (χ4v) is 1.78. The number of nitrogens with one attached hydrogen (secondary N) is 1. The normalized spacial score (nSPS) is 14.7. The highest BCUT2D eigenvalue weighted by Crippen LogP contribution is 2.27. The molecule has 0 aliphatic rings. The number of nitrogen functional groups attached to an aromatic ring is 1. The van der Waals surface area contributed by atoms with Gasteiger partial charge in [0.2, 0.25) is 5.88 Å². The fourth-order valence-electron chi connectivity index (χ4n) is 1.78. The Morgan fingerprint density at radius 3 is 2.45 bits per heavy atom. The lowest BCUT2D eigenvalue weighted by Gasteiger charge is -2.30. The Hall–Kier alpha value is -1.49. The van der Waals surface area contributed by atoms with Crippen LogP contribution < -0.4 is 15.8 Å². The largest absolute Gasteiger partial charge is 0.470 e. The van der Waals surface area contributed by atoms with Crippen molar-refractivity contribution in [2.75, 3.05) is 17.7 Å². The average Bonchev–Trinajstić information content (AvgIpc) is 2.32. The number of aliphatic hydroxyl groups is 1. The minimum atomic E-state index is -0.348. The molecule has 4 N–H and O–H groups in total. The van der Waals surface area contributed by atoms with Crippen LogP contribution >= 0.6 is 0 Å². The maximum Gasteiger partial charge on any atom is 0.239 e. The van der Waals surface area contributed by atoms with Crippen molar-refractivity contribution in [2.45, 2.75) is 58.6 Å². The van der Waals surface area contributed by atoms with Gasteiger partial charge >= 0.3 is 0 Å². The molecule has 0 aliphatic carbocycles. The number of rotatable bonds is 6. The molecule has 20 heavy (non-hydrogen) atoms. The monoisotopic (exact) mass is 281 g/mol. The molecule has 0 radical (unpaired) electrons. The number of hydrogen-bond donors (Lipinski definition) is 3. The van der Waals surface area contributed by atoms with E-state index in [1.807, 2.05) is 26.8 Å². The summed E-state index contributed by atoms with van der Waals surface area (Å²) in [5.74, 6) is 1.14. The van der Waals surface area contributed by atoms with Crippen molar-refractivity contribution in [2.24, 2.45) is 0 Å². The van der Waals surface area contributed by atoms with Crippen LogP contribution in [0.5, 0.6) is 5.88 Å². The van der Waals surface area contributed by atoms with Crippen LogP contribution in [0.15, 0.2) is 12.1 Å². The Kier molecular flexibility index (Phi) is 5.22. The van der Waals surface area contributed by atoms with E-state index in [0.717, 1.165) is 6.42 Å². The molecule has 5 nitrogen and oxygen atoms in total. The molecule has 1 unspecified atom stereocenters. The zero-order valence-electron chi connectivity index (χ0n) is 13.2. The summed E-state index contributed by atoms with van der Waals surface area (Å²) in [5, 5.41) is 12.5. The fraction of sp³-hybridized carbons (Fsp3) is 0.667. The van der Waals surface area contributed by atoms with Gasteiger partial charge in [-0.1, -0.05) is 6.92 Å². The van der Waals surface area contributed by atoms with Crippen molar-refractivity contribution in [3.63, 3.8) is 0 Å². The second-order valence-electron chi connectivity index (χ2n) is 6.32. The number of anilines is 2. The van der Waals surface area contributed by atoms with Crippen LogP contribution in [0.3, 0.4) is 0 Å². The number of hydrogen-bond acceptors (Lipinski definition) is 5. The molecule has 0 amide bonds. The molecule has 0 aromatic carbocycles. The molecule has 0 saturated heterocycles. The predicted octanol–water partition coefficient (Wildman–Crippen LogP) is 2.80. The van der Waals surface area contributed by atoms with Gasteiger partial charge in [0.1, 0.15) is 11.4 Å². The molecule has 5 heteroatoms. The Labute approximate surface area is 121 Å². The first-order valence-corrected chi connectivity index (χ1v) is 7.04. The molecule has 1 aromatic rings. The van der Waals surface area contributed by atoms with Crippen LogP contribution in [0, 0.1) is 0 Å². The summed E-state index contributed by atoms with van der Waals surface area (Å²) in [6.45, 7) is 10.1. The SMILES string of the molecule is CCC(C)(CCO)Nc1ccc(N)c(OC(C)(C)C)n1. The lowest BCUT2D eigenvalue weighted by atomic mass is 9.95. The summed E-state index contributed by atoms with van der Waals surface area (Å²) in [6, 6.07) is 3.61. The molecule has 114 valence electrons. The first-order valence-electron chi connectivity index (χ1n) is 7.04. The quantitative estimate of drug-likeness (QED) is 0.747. The summed E-state index contributed by atoms with van der Waals surface area (Å²) in [7, 11) is 0. The van der Waals surface area contributed by atoms with Gasteiger partial charge in [-0.25, -0.2) is 0 Å². The number of aliphatic hydroxyl groups excluding tert-OH is 1. The van der Waals surface area contributed by atoms with E-state index in [9.17, 15) is 0 Å². The smallest absolute Gasteiger partial charge is 0.239 e. The maximum atomic E-state index is 9.16. The molecule has 0 saturated carbocycles. The predicted molar refractivity (Wildman–Crippen MR) is 83.1 cm³/mol. The number of pyridine rings is 1. The Bertz CT molecular complexity index is 443. The van der Waals surface area contributed by atoms with Crippen molar-refractivity contribution in [3.8, 4) is 5.88 Å². The van der Waals surface area contributed by atoms with Crippen LogP contribution in [0.2, 0.25) is 0 Å². The minimum absolute atomic E-state index is 0.137. The van der Waals surface area contributed by atoms with Gasteiger partial charge in [0.15, 0.2) is 0 Å². The van der Waals surface area contributed by atoms with Gasteiger partial charge in [-0.2, -0.15) is 4.98 Å². The molecule has 0 spiro atoms. The van der Waals surface area contributed by atoms with Crippen molar-refractivity contribution in [1.29, 1.82) is 0 Å². The Morgan fingerprint density at radius 2 is 1.95 bits per heavy atom. The second-order valence-corrected chi connectivity index (χ2v) is 6.32. The van der Waals surface area contributed by atoms with Crippen molar-refractivity contribution in [3.05, 3.63) is 12.1 Å². The van der Waals surface area contributed by atoms with E-state index in [1.165, 1.54) is 0 Å². The lowest BCUT2D eigenvalue weighted by molar-refractivity contribution is 0.125. The number of aromatic nitrogens is 1. The molecule has 0 aliphatic heterocycles. The van der Waals surface area contributed by atoms with Gasteiger partial charge in [0.05, 0.1) is 5.69 Å². The molecular formula is C15H27N3O2. The van der Waals surface area contributed by atoms with Gasteiger partial charge < -0.3 is 20.9 Å².